The minimum atomic E-state index is -0.0262. The lowest BCUT2D eigenvalue weighted by Gasteiger charge is -2.16. The average molecular weight is 333 g/mol. The molecule has 90 valence electrons. The number of nitrogens with two attached hydrogens (primary N) is 1. The Kier molecular flexibility index (Phi) is 4.53. The van der Waals surface area contributed by atoms with Gasteiger partial charge in [0.15, 0.2) is 0 Å². The quantitative estimate of drug-likeness (QED) is 0.667. The standard InChI is InChI=1S/C11H11BrClN3S/c12-7-1-2-8(9(13)5-7)10(16-14)6-11-15-3-4-17-11/h1-5,10,16H,6,14H2. The fourth-order valence-electron chi connectivity index (χ4n) is 1.57. The van der Waals surface area contributed by atoms with E-state index >= 15 is 0 Å². The van der Waals surface area contributed by atoms with Crippen LogP contribution in [0.15, 0.2) is 34.2 Å². The Morgan fingerprint density at radius 1 is 1.53 bits per heavy atom. The molecule has 0 aliphatic carbocycles. The highest BCUT2D eigenvalue weighted by molar-refractivity contribution is 9.10. The number of hydrogen-bond donors (Lipinski definition) is 2. The van der Waals surface area contributed by atoms with Crippen molar-refractivity contribution in [2.75, 3.05) is 0 Å². The molecule has 1 unspecified atom stereocenters. The third-order valence-corrected chi connectivity index (χ3v) is 4.02. The van der Waals surface area contributed by atoms with Crippen molar-refractivity contribution in [3.05, 3.63) is 49.8 Å². The van der Waals surface area contributed by atoms with Crippen LogP contribution in [-0.2, 0) is 6.42 Å². The molecule has 1 atom stereocenters. The van der Waals surface area contributed by atoms with Crippen molar-refractivity contribution in [3.8, 4) is 0 Å². The van der Waals surface area contributed by atoms with E-state index in [0.717, 1.165) is 21.5 Å². The van der Waals surface area contributed by atoms with Gasteiger partial charge in [-0.15, -0.1) is 11.3 Å². The topological polar surface area (TPSA) is 50.9 Å². The molecule has 1 aromatic carbocycles. The summed E-state index contributed by atoms with van der Waals surface area (Å²) in [6, 6.07) is 5.75. The first kappa shape index (κ1) is 13.0. The summed E-state index contributed by atoms with van der Waals surface area (Å²) in [5.74, 6) is 5.58. The van der Waals surface area contributed by atoms with Crippen LogP contribution < -0.4 is 11.3 Å². The van der Waals surface area contributed by atoms with Gasteiger partial charge < -0.3 is 0 Å². The molecule has 0 saturated carbocycles. The van der Waals surface area contributed by atoms with Crippen LogP contribution in [0.1, 0.15) is 16.6 Å². The van der Waals surface area contributed by atoms with Gasteiger partial charge in [-0.25, -0.2) is 4.98 Å². The van der Waals surface area contributed by atoms with Gasteiger partial charge in [-0.1, -0.05) is 33.6 Å². The molecule has 3 nitrogen and oxygen atoms in total. The molecule has 1 aromatic heterocycles. The highest BCUT2D eigenvalue weighted by Crippen LogP contribution is 2.28. The van der Waals surface area contributed by atoms with Gasteiger partial charge in [-0.2, -0.15) is 0 Å². The fourth-order valence-corrected chi connectivity index (χ4v) is 3.04. The summed E-state index contributed by atoms with van der Waals surface area (Å²) in [5, 5.41) is 3.68. The minimum Gasteiger partial charge on any atom is -0.271 e. The van der Waals surface area contributed by atoms with E-state index in [0.29, 0.717) is 5.02 Å². The van der Waals surface area contributed by atoms with E-state index < -0.39 is 0 Å². The Bertz CT molecular complexity index is 489. The van der Waals surface area contributed by atoms with Crippen LogP contribution in [0, 0.1) is 0 Å². The van der Waals surface area contributed by atoms with E-state index in [-0.39, 0.29) is 6.04 Å². The molecule has 0 fully saturated rings. The van der Waals surface area contributed by atoms with Crippen molar-refractivity contribution in [3.63, 3.8) is 0 Å². The van der Waals surface area contributed by atoms with E-state index in [4.69, 9.17) is 17.4 Å². The Balaban J connectivity index is 2.23. The second-order valence-electron chi connectivity index (χ2n) is 3.52. The number of rotatable bonds is 4. The van der Waals surface area contributed by atoms with Crippen LogP contribution in [-0.4, -0.2) is 4.98 Å². The van der Waals surface area contributed by atoms with Gasteiger partial charge in [-0.05, 0) is 17.7 Å². The fraction of sp³-hybridized carbons (Fsp3) is 0.182. The van der Waals surface area contributed by atoms with Crippen molar-refractivity contribution < 1.29 is 0 Å². The van der Waals surface area contributed by atoms with Crippen molar-refractivity contribution in [2.24, 2.45) is 5.84 Å². The number of benzene rings is 1. The number of thiazole rings is 1. The van der Waals surface area contributed by atoms with E-state index in [2.05, 4.69) is 26.3 Å². The Hall–Kier alpha value is -0.460. The largest absolute Gasteiger partial charge is 0.271 e. The van der Waals surface area contributed by atoms with Crippen molar-refractivity contribution >= 4 is 38.9 Å². The Morgan fingerprint density at radius 2 is 2.35 bits per heavy atom. The smallest absolute Gasteiger partial charge is 0.0944 e. The number of hydrazine groups is 1. The molecule has 1 heterocycles. The third-order valence-electron chi connectivity index (χ3n) is 2.40. The zero-order chi connectivity index (χ0) is 12.3. The number of halogens is 2. The summed E-state index contributed by atoms with van der Waals surface area (Å²) in [4.78, 5) is 4.25. The lowest BCUT2D eigenvalue weighted by Crippen LogP contribution is -2.29. The van der Waals surface area contributed by atoms with Gasteiger partial charge in [0, 0.05) is 27.5 Å². The number of nitrogens with zero attached hydrogens (tertiary/aromatic N) is 1. The van der Waals surface area contributed by atoms with Crippen LogP contribution in [0.5, 0.6) is 0 Å². The summed E-state index contributed by atoms with van der Waals surface area (Å²) in [7, 11) is 0. The molecule has 3 N–H and O–H groups in total. The molecular formula is C11H11BrClN3S. The Labute approximate surface area is 117 Å². The van der Waals surface area contributed by atoms with Crippen LogP contribution in [0.3, 0.4) is 0 Å². The Morgan fingerprint density at radius 3 is 2.94 bits per heavy atom. The molecule has 0 amide bonds. The zero-order valence-electron chi connectivity index (χ0n) is 8.86. The molecule has 6 heteroatoms. The lowest BCUT2D eigenvalue weighted by molar-refractivity contribution is 0.551. The molecule has 0 radical (unpaired) electrons. The molecule has 2 rings (SSSR count). The molecule has 0 saturated heterocycles. The van der Waals surface area contributed by atoms with E-state index in [1.807, 2.05) is 23.6 Å². The van der Waals surface area contributed by atoms with Gasteiger partial charge >= 0.3 is 0 Å². The SMILES string of the molecule is NNC(Cc1nccs1)c1ccc(Br)cc1Cl. The molecule has 2 aromatic rings. The summed E-state index contributed by atoms with van der Waals surface area (Å²) in [6.45, 7) is 0. The minimum absolute atomic E-state index is 0.0262. The summed E-state index contributed by atoms with van der Waals surface area (Å²) in [6.07, 6.45) is 2.52. The highest BCUT2D eigenvalue weighted by Gasteiger charge is 2.15. The predicted molar refractivity (Wildman–Crippen MR) is 75.0 cm³/mol. The van der Waals surface area contributed by atoms with Gasteiger partial charge in [0.05, 0.1) is 11.0 Å². The zero-order valence-corrected chi connectivity index (χ0v) is 12.0. The highest BCUT2D eigenvalue weighted by atomic mass is 79.9. The van der Waals surface area contributed by atoms with Gasteiger partial charge in [0.25, 0.3) is 0 Å². The first-order valence-electron chi connectivity index (χ1n) is 5.00. The van der Waals surface area contributed by atoms with E-state index in [1.54, 1.807) is 17.5 Å². The number of nitrogens with one attached hydrogen (secondary N) is 1. The van der Waals surface area contributed by atoms with Gasteiger partial charge in [-0.3, -0.25) is 11.3 Å². The number of aromatic nitrogens is 1. The normalized spacial score (nSPS) is 12.6. The summed E-state index contributed by atoms with van der Waals surface area (Å²) >= 11 is 11.2. The van der Waals surface area contributed by atoms with Crippen LogP contribution in [0.4, 0.5) is 0 Å². The average Bonchev–Trinajstić information content (AvgIpc) is 2.79. The van der Waals surface area contributed by atoms with Crippen molar-refractivity contribution in [2.45, 2.75) is 12.5 Å². The summed E-state index contributed by atoms with van der Waals surface area (Å²) < 4.78 is 0.955. The molecule has 17 heavy (non-hydrogen) atoms. The van der Waals surface area contributed by atoms with E-state index in [9.17, 15) is 0 Å². The van der Waals surface area contributed by atoms with Gasteiger partial charge in [0.2, 0.25) is 0 Å². The maximum atomic E-state index is 6.20. The maximum absolute atomic E-state index is 6.20. The second kappa shape index (κ2) is 5.93. The maximum Gasteiger partial charge on any atom is 0.0944 e. The van der Waals surface area contributed by atoms with Crippen LogP contribution in [0.25, 0.3) is 0 Å². The van der Waals surface area contributed by atoms with Gasteiger partial charge in [0.1, 0.15) is 0 Å². The summed E-state index contributed by atoms with van der Waals surface area (Å²) in [5.41, 5.74) is 3.76. The molecule has 0 spiro atoms. The van der Waals surface area contributed by atoms with Crippen molar-refractivity contribution in [1.82, 2.24) is 10.4 Å². The predicted octanol–water partition coefficient (Wildman–Crippen LogP) is 3.31. The second-order valence-corrected chi connectivity index (χ2v) is 5.82. The monoisotopic (exact) mass is 331 g/mol. The molecule has 0 aliphatic heterocycles. The number of hydrogen-bond acceptors (Lipinski definition) is 4. The van der Waals surface area contributed by atoms with Crippen LogP contribution >= 0.6 is 38.9 Å². The molecule has 0 bridgehead atoms. The van der Waals surface area contributed by atoms with Crippen molar-refractivity contribution in [1.29, 1.82) is 0 Å². The first-order valence-corrected chi connectivity index (χ1v) is 7.05. The van der Waals surface area contributed by atoms with E-state index in [1.165, 1.54) is 0 Å². The molecule has 0 aliphatic rings. The lowest BCUT2D eigenvalue weighted by atomic mass is 10.0. The first-order chi connectivity index (χ1) is 8.20. The van der Waals surface area contributed by atoms with Crippen LogP contribution in [0.2, 0.25) is 5.02 Å². The molecular weight excluding hydrogens is 322 g/mol. The third kappa shape index (κ3) is 3.26.